The van der Waals surface area contributed by atoms with Crippen molar-refractivity contribution in [1.29, 1.82) is 0 Å². The minimum Gasteiger partial charge on any atom is -0.462 e. The van der Waals surface area contributed by atoms with E-state index in [0.29, 0.717) is 19.3 Å². The van der Waals surface area contributed by atoms with Gasteiger partial charge in [-0.1, -0.05) is 238 Å². The van der Waals surface area contributed by atoms with E-state index in [1.807, 2.05) is 0 Å². The molecule has 0 saturated carbocycles. The van der Waals surface area contributed by atoms with Crippen molar-refractivity contribution in [1.82, 2.24) is 0 Å². The average molecular weight is 1040 g/mol. The van der Waals surface area contributed by atoms with Crippen LogP contribution in [0.5, 0.6) is 0 Å². The highest BCUT2D eigenvalue weighted by molar-refractivity contribution is 5.71. The molecule has 0 bridgehead atoms. The highest BCUT2D eigenvalue weighted by Crippen LogP contribution is 2.14. The first-order valence-corrected chi connectivity index (χ1v) is 30.7. The molecule has 0 aliphatic heterocycles. The Bertz CT molecular complexity index is 1620. The SMILES string of the molecule is CC/C=C\C/C=C\C/C=C\C/C=C\C/C=C\CCCCCC(=O)O[C@H](COC(=O)CCCCC/C=C\C/C=C\C/C=C\C/C=C\CCCCC)COC(=O)CCCCCCCCCCC/C=C\C/C=C\CCCCC. The van der Waals surface area contributed by atoms with Crippen LogP contribution in [0.2, 0.25) is 0 Å². The summed E-state index contributed by atoms with van der Waals surface area (Å²) in [4.78, 5) is 38.3. The second-order valence-corrected chi connectivity index (χ2v) is 19.9. The van der Waals surface area contributed by atoms with Crippen LogP contribution < -0.4 is 0 Å². The Morgan fingerprint density at radius 1 is 0.280 bits per heavy atom. The third-order valence-corrected chi connectivity index (χ3v) is 12.6. The lowest BCUT2D eigenvalue weighted by atomic mass is 10.1. The number of hydrogen-bond donors (Lipinski definition) is 0. The smallest absolute Gasteiger partial charge is 0.306 e. The number of ether oxygens (including phenoxy) is 3. The van der Waals surface area contributed by atoms with Gasteiger partial charge in [-0.25, -0.2) is 0 Å². The lowest BCUT2D eigenvalue weighted by molar-refractivity contribution is -0.167. The van der Waals surface area contributed by atoms with Gasteiger partial charge >= 0.3 is 17.9 Å². The van der Waals surface area contributed by atoms with Crippen LogP contribution in [0.1, 0.15) is 265 Å². The van der Waals surface area contributed by atoms with Crippen molar-refractivity contribution in [2.24, 2.45) is 0 Å². The molecule has 0 fully saturated rings. The molecular weight excluding hydrogens is 925 g/mol. The largest absolute Gasteiger partial charge is 0.462 e. The minimum atomic E-state index is -0.817. The van der Waals surface area contributed by atoms with Crippen molar-refractivity contribution in [2.75, 3.05) is 13.2 Å². The molecule has 0 spiro atoms. The zero-order valence-corrected chi connectivity index (χ0v) is 48.5. The lowest BCUT2D eigenvalue weighted by Gasteiger charge is -2.18. The van der Waals surface area contributed by atoms with Crippen LogP contribution in [-0.2, 0) is 28.6 Å². The van der Waals surface area contributed by atoms with Crippen molar-refractivity contribution in [3.63, 3.8) is 0 Å². The summed E-state index contributed by atoms with van der Waals surface area (Å²) in [6.45, 7) is 6.42. The van der Waals surface area contributed by atoms with Crippen molar-refractivity contribution in [3.8, 4) is 0 Å². The molecule has 0 aliphatic rings. The first-order valence-electron chi connectivity index (χ1n) is 30.7. The minimum absolute atomic E-state index is 0.108. The molecule has 0 radical (unpaired) electrons. The molecule has 1 atom stereocenters. The number of hydrogen-bond acceptors (Lipinski definition) is 6. The average Bonchev–Trinajstić information content (AvgIpc) is 3.41. The standard InChI is InChI=1S/C69H112O6/c1-4-7-10-13-16-19-22-25-28-31-34-37-40-43-46-49-52-55-58-61-67(70)73-64-66(75-69(72)63-60-57-54-51-48-45-42-39-36-33-30-27-24-21-18-15-12-9-6-3)65-74-68(71)62-59-56-53-50-47-44-41-38-35-32-29-26-23-20-17-14-11-8-5-2/h9,12,16-21,25-30,34,36-37,39,43,45-46,48,66H,4-8,10-11,13-15,22-24,31-33,35,38,40-42,44,47,49-65H2,1-3H3/b12-9-,19-16-,20-17-,21-18-,28-25-,29-26-,30-27-,37-34-,39-36-,46-43-,48-45-/t66-/m1/s1. The number of carbonyl (C=O) groups excluding carboxylic acids is 3. The van der Waals surface area contributed by atoms with Gasteiger partial charge in [0.1, 0.15) is 13.2 Å². The third kappa shape index (κ3) is 60.3. The van der Waals surface area contributed by atoms with Crippen LogP contribution >= 0.6 is 0 Å². The Labute approximate surface area is 462 Å². The Morgan fingerprint density at radius 3 is 0.827 bits per heavy atom. The second-order valence-electron chi connectivity index (χ2n) is 19.9. The van der Waals surface area contributed by atoms with Crippen molar-refractivity contribution >= 4 is 17.9 Å². The Kier molecular flexibility index (Phi) is 58.4. The normalized spacial score (nSPS) is 13.1. The van der Waals surface area contributed by atoms with Gasteiger partial charge in [0.15, 0.2) is 6.10 Å². The molecule has 0 aromatic heterocycles. The first kappa shape index (κ1) is 70.5. The van der Waals surface area contributed by atoms with Crippen LogP contribution in [-0.4, -0.2) is 37.2 Å². The lowest BCUT2D eigenvalue weighted by Crippen LogP contribution is -2.30. The monoisotopic (exact) mass is 1040 g/mol. The number of carbonyl (C=O) groups is 3. The van der Waals surface area contributed by atoms with Crippen LogP contribution in [0.25, 0.3) is 0 Å². The maximum absolute atomic E-state index is 12.9. The molecular formula is C69H112O6. The molecule has 0 amide bonds. The predicted molar refractivity (Wildman–Crippen MR) is 325 cm³/mol. The van der Waals surface area contributed by atoms with Gasteiger partial charge in [-0.3, -0.25) is 14.4 Å². The summed E-state index contributed by atoms with van der Waals surface area (Å²) in [6.07, 6.45) is 87.2. The maximum atomic E-state index is 12.9. The van der Waals surface area contributed by atoms with Crippen molar-refractivity contribution in [3.05, 3.63) is 134 Å². The van der Waals surface area contributed by atoms with E-state index in [4.69, 9.17) is 14.2 Å². The van der Waals surface area contributed by atoms with Gasteiger partial charge in [0, 0.05) is 19.3 Å². The van der Waals surface area contributed by atoms with E-state index in [1.54, 1.807) is 0 Å². The van der Waals surface area contributed by atoms with E-state index in [9.17, 15) is 14.4 Å². The van der Waals surface area contributed by atoms with Gasteiger partial charge in [0.25, 0.3) is 0 Å². The first-order chi connectivity index (χ1) is 37.0. The number of allylic oxidation sites excluding steroid dienone is 22. The van der Waals surface area contributed by atoms with Crippen LogP contribution in [0.15, 0.2) is 134 Å². The summed E-state index contributed by atoms with van der Waals surface area (Å²) in [5.74, 6) is -0.977. The summed E-state index contributed by atoms with van der Waals surface area (Å²) in [5.41, 5.74) is 0. The molecule has 0 heterocycles. The summed E-state index contributed by atoms with van der Waals surface area (Å²) in [7, 11) is 0. The molecule has 0 unspecified atom stereocenters. The van der Waals surface area contributed by atoms with Crippen LogP contribution in [0.4, 0.5) is 0 Å². The summed E-state index contributed by atoms with van der Waals surface area (Å²) < 4.78 is 16.9. The van der Waals surface area contributed by atoms with Gasteiger partial charge in [-0.2, -0.15) is 0 Å². The maximum Gasteiger partial charge on any atom is 0.306 e. The van der Waals surface area contributed by atoms with Crippen molar-refractivity contribution < 1.29 is 28.6 Å². The van der Waals surface area contributed by atoms with Gasteiger partial charge < -0.3 is 14.2 Å². The van der Waals surface area contributed by atoms with Gasteiger partial charge in [-0.15, -0.1) is 0 Å². The van der Waals surface area contributed by atoms with Gasteiger partial charge in [-0.05, 0) is 141 Å². The molecule has 0 saturated heterocycles. The molecule has 75 heavy (non-hydrogen) atoms. The summed E-state index contributed by atoms with van der Waals surface area (Å²) >= 11 is 0. The quantitative estimate of drug-likeness (QED) is 0.0261. The predicted octanol–water partition coefficient (Wildman–Crippen LogP) is 21.0. The fourth-order valence-electron chi connectivity index (χ4n) is 8.01. The van der Waals surface area contributed by atoms with Crippen molar-refractivity contribution in [2.45, 2.75) is 271 Å². The molecule has 0 rings (SSSR count). The Balaban J connectivity index is 4.54. The molecule has 0 aromatic carbocycles. The van der Waals surface area contributed by atoms with E-state index >= 15 is 0 Å². The molecule has 0 aliphatic carbocycles. The van der Waals surface area contributed by atoms with E-state index in [2.05, 4.69) is 154 Å². The van der Waals surface area contributed by atoms with E-state index in [0.717, 1.165) is 122 Å². The third-order valence-electron chi connectivity index (χ3n) is 12.6. The fraction of sp³-hybridized carbons (Fsp3) is 0.638. The molecule has 0 aromatic rings. The molecule has 6 nitrogen and oxygen atoms in total. The second kappa shape index (κ2) is 62.1. The number of esters is 3. The molecule has 6 heteroatoms. The Morgan fingerprint density at radius 2 is 0.520 bits per heavy atom. The van der Waals surface area contributed by atoms with Crippen LogP contribution in [0, 0.1) is 0 Å². The van der Waals surface area contributed by atoms with E-state index in [1.165, 1.54) is 96.3 Å². The van der Waals surface area contributed by atoms with Crippen LogP contribution in [0.3, 0.4) is 0 Å². The zero-order valence-electron chi connectivity index (χ0n) is 48.5. The summed E-state index contributed by atoms with van der Waals surface area (Å²) in [6, 6.07) is 0. The number of rotatable bonds is 54. The molecule has 424 valence electrons. The topological polar surface area (TPSA) is 78.9 Å². The highest BCUT2D eigenvalue weighted by atomic mass is 16.6. The fourth-order valence-corrected chi connectivity index (χ4v) is 8.01. The number of unbranched alkanes of at least 4 members (excludes halogenated alkanes) is 21. The van der Waals surface area contributed by atoms with E-state index < -0.39 is 6.10 Å². The summed E-state index contributed by atoms with van der Waals surface area (Å²) in [5, 5.41) is 0. The highest BCUT2D eigenvalue weighted by Gasteiger charge is 2.19. The zero-order chi connectivity index (χ0) is 54.3. The van der Waals surface area contributed by atoms with E-state index in [-0.39, 0.29) is 37.5 Å². The van der Waals surface area contributed by atoms with Gasteiger partial charge in [0.05, 0.1) is 0 Å². The van der Waals surface area contributed by atoms with Gasteiger partial charge in [0.2, 0.25) is 0 Å². The Hall–Kier alpha value is -4.45. The molecule has 0 N–H and O–H groups in total.